The molecule has 5 nitrogen and oxygen atoms in total. The van der Waals surface area contributed by atoms with Gasteiger partial charge in [0.2, 0.25) is 5.91 Å². The number of rotatable bonds is 5. The van der Waals surface area contributed by atoms with E-state index in [4.69, 9.17) is 11.6 Å². The van der Waals surface area contributed by atoms with E-state index in [0.29, 0.717) is 16.3 Å². The Balaban J connectivity index is 1.53. The summed E-state index contributed by atoms with van der Waals surface area (Å²) in [5, 5.41) is 8.41. The minimum absolute atomic E-state index is 0.282. The van der Waals surface area contributed by atoms with Gasteiger partial charge < -0.3 is 15.2 Å². The van der Waals surface area contributed by atoms with E-state index in [1.165, 1.54) is 5.52 Å². The van der Waals surface area contributed by atoms with Crippen molar-refractivity contribution < 1.29 is 9.59 Å². The lowest BCUT2D eigenvalue weighted by Gasteiger charge is -2.14. The largest absolute Gasteiger partial charge is 0.341 e. The second-order valence-electron chi connectivity index (χ2n) is 7.18. The number of hydrogen-bond acceptors (Lipinski definition) is 2. The molecule has 0 aliphatic heterocycles. The van der Waals surface area contributed by atoms with E-state index in [1.807, 2.05) is 30.3 Å². The van der Waals surface area contributed by atoms with Crippen LogP contribution in [0.1, 0.15) is 24.2 Å². The highest BCUT2D eigenvalue weighted by Crippen LogP contribution is 2.31. The maximum Gasteiger partial charge on any atom is 0.251 e. The number of carbonyl (C=O) groups excluding carboxylic acids is 2. The number of aromatic nitrogens is 1. The van der Waals surface area contributed by atoms with Crippen molar-refractivity contribution in [2.24, 2.45) is 0 Å². The van der Waals surface area contributed by atoms with Gasteiger partial charge in [-0.2, -0.15) is 0 Å². The monoisotopic (exact) mass is 419 g/mol. The molecule has 1 heterocycles. The lowest BCUT2D eigenvalue weighted by atomic mass is 10.1. The Morgan fingerprint density at radius 2 is 1.67 bits per heavy atom. The molecule has 0 radical (unpaired) electrons. The summed E-state index contributed by atoms with van der Waals surface area (Å²) < 4.78 is 2.26. The summed E-state index contributed by atoms with van der Waals surface area (Å²) in [5.74, 6) is -0.605. The van der Waals surface area contributed by atoms with Crippen LogP contribution >= 0.6 is 11.6 Å². The van der Waals surface area contributed by atoms with Crippen LogP contribution in [0.2, 0.25) is 5.02 Å². The first kappa shape index (κ1) is 20.0. The number of hydrogen-bond donors (Lipinski definition) is 2. The summed E-state index contributed by atoms with van der Waals surface area (Å²) in [4.78, 5) is 25.0. The molecule has 1 aromatic heterocycles. The molecule has 0 aliphatic carbocycles. The molecule has 0 saturated heterocycles. The quantitative estimate of drug-likeness (QED) is 0.465. The number of halogens is 1. The van der Waals surface area contributed by atoms with Crippen molar-refractivity contribution >= 4 is 50.9 Å². The first-order valence-corrected chi connectivity index (χ1v) is 10.2. The van der Waals surface area contributed by atoms with Crippen LogP contribution in [0.3, 0.4) is 0 Å². The first-order chi connectivity index (χ1) is 14.5. The van der Waals surface area contributed by atoms with E-state index in [-0.39, 0.29) is 11.8 Å². The molecule has 6 heteroatoms. The van der Waals surface area contributed by atoms with Gasteiger partial charge in [0, 0.05) is 44.6 Å². The predicted molar refractivity (Wildman–Crippen MR) is 122 cm³/mol. The summed E-state index contributed by atoms with van der Waals surface area (Å²) in [6.07, 6.45) is 0. The fourth-order valence-corrected chi connectivity index (χ4v) is 3.80. The minimum atomic E-state index is -0.694. The van der Waals surface area contributed by atoms with Crippen LogP contribution < -0.4 is 10.6 Å². The molecule has 3 aromatic carbocycles. The Hall–Kier alpha value is -3.31. The Morgan fingerprint density at radius 1 is 0.967 bits per heavy atom. The number of amides is 2. The van der Waals surface area contributed by atoms with Crippen LogP contribution in [0.4, 0.5) is 5.69 Å². The zero-order valence-corrected chi connectivity index (χ0v) is 17.5. The molecule has 0 saturated carbocycles. The van der Waals surface area contributed by atoms with E-state index in [9.17, 15) is 9.59 Å². The SMILES string of the molecule is CCn1c2ccccc2c2cc(NC(=O)[C@H](C)NC(=O)c3ccc(Cl)cc3)ccc21. The molecule has 0 bridgehead atoms. The van der Waals surface area contributed by atoms with Crippen LogP contribution in [0.5, 0.6) is 0 Å². The second-order valence-corrected chi connectivity index (χ2v) is 7.62. The fourth-order valence-electron chi connectivity index (χ4n) is 3.67. The number of carbonyl (C=O) groups is 2. The summed E-state index contributed by atoms with van der Waals surface area (Å²) in [6.45, 7) is 4.64. The number of nitrogens with zero attached hydrogens (tertiary/aromatic N) is 1. The number of fused-ring (bicyclic) bond motifs is 3. The van der Waals surface area contributed by atoms with Crippen molar-refractivity contribution in [2.45, 2.75) is 26.4 Å². The van der Waals surface area contributed by atoms with Gasteiger partial charge in [0.05, 0.1) is 0 Å². The number of anilines is 1. The average Bonchev–Trinajstić information content (AvgIpc) is 3.07. The van der Waals surface area contributed by atoms with Crippen LogP contribution in [0.15, 0.2) is 66.7 Å². The van der Waals surface area contributed by atoms with Gasteiger partial charge >= 0.3 is 0 Å². The summed E-state index contributed by atoms with van der Waals surface area (Å²) in [7, 11) is 0. The fraction of sp³-hybridized carbons (Fsp3) is 0.167. The zero-order valence-electron chi connectivity index (χ0n) is 16.8. The Labute approximate surface area is 179 Å². The molecular formula is C24H22ClN3O2. The molecule has 2 N–H and O–H groups in total. The molecule has 30 heavy (non-hydrogen) atoms. The number of aryl methyl sites for hydroxylation is 1. The van der Waals surface area contributed by atoms with E-state index in [0.717, 1.165) is 22.8 Å². The van der Waals surface area contributed by atoms with Gasteiger partial charge in [-0.25, -0.2) is 0 Å². The zero-order chi connectivity index (χ0) is 21.3. The predicted octanol–water partition coefficient (Wildman–Crippen LogP) is 5.22. The van der Waals surface area contributed by atoms with Crippen LogP contribution in [0.25, 0.3) is 21.8 Å². The summed E-state index contributed by atoms with van der Waals surface area (Å²) in [6, 6.07) is 20.0. The second kappa shape index (κ2) is 8.20. The van der Waals surface area contributed by atoms with Crippen molar-refractivity contribution in [3.63, 3.8) is 0 Å². The molecule has 0 aliphatic rings. The molecule has 0 unspecified atom stereocenters. The van der Waals surface area contributed by atoms with Gasteiger partial charge in [-0.15, -0.1) is 0 Å². The summed E-state index contributed by atoms with van der Waals surface area (Å²) in [5.41, 5.74) is 3.44. The Kier molecular flexibility index (Phi) is 5.46. The van der Waals surface area contributed by atoms with Crippen LogP contribution in [-0.2, 0) is 11.3 Å². The average molecular weight is 420 g/mol. The number of para-hydroxylation sites is 1. The van der Waals surface area contributed by atoms with Gasteiger partial charge in [-0.1, -0.05) is 29.8 Å². The van der Waals surface area contributed by atoms with Gasteiger partial charge in [-0.05, 0) is 62.4 Å². The minimum Gasteiger partial charge on any atom is -0.341 e. The number of nitrogens with one attached hydrogen (secondary N) is 2. The van der Waals surface area contributed by atoms with Gasteiger partial charge in [0.1, 0.15) is 6.04 Å². The van der Waals surface area contributed by atoms with Gasteiger partial charge in [0.25, 0.3) is 5.91 Å². The van der Waals surface area contributed by atoms with Crippen molar-refractivity contribution in [3.05, 3.63) is 77.3 Å². The third kappa shape index (κ3) is 3.76. The van der Waals surface area contributed by atoms with Crippen molar-refractivity contribution in [1.82, 2.24) is 9.88 Å². The van der Waals surface area contributed by atoms with Crippen LogP contribution in [-0.4, -0.2) is 22.4 Å². The summed E-state index contributed by atoms with van der Waals surface area (Å²) >= 11 is 5.85. The Morgan fingerprint density at radius 3 is 2.40 bits per heavy atom. The topological polar surface area (TPSA) is 63.1 Å². The third-order valence-electron chi connectivity index (χ3n) is 5.20. The van der Waals surface area contributed by atoms with Crippen molar-refractivity contribution in [2.75, 3.05) is 5.32 Å². The maximum absolute atomic E-state index is 12.6. The molecule has 0 spiro atoms. The van der Waals surface area contributed by atoms with Gasteiger partial charge in [0.15, 0.2) is 0 Å². The lowest BCUT2D eigenvalue weighted by Crippen LogP contribution is -2.41. The van der Waals surface area contributed by atoms with E-state index in [2.05, 4.69) is 34.3 Å². The first-order valence-electron chi connectivity index (χ1n) is 9.86. The van der Waals surface area contributed by atoms with E-state index < -0.39 is 6.04 Å². The van der Waals surface area contributed by atoms with Gasteiger partial charge in [-0.3, -0.25) is 9.59 Å². The molecule has 1 atom stereocenters. The molecular weight excluding hydrogens is 398 g/mol. The molecule has 152 valence electrons. The maximum atomic E-state index is 12.6. The third-order valence-corrected chi connectivity index (χ3v) is 5.46. The van der Waals surface area contributed by atoms with E-state index in [1.54, 1.807) is 31.2 Å². The molecule has 4 aromatic rings. The lowest BCUT2D eigenvalue weighted by molar-refractivity contribution is -0.117. The highest BCUT2D eigenvalue weighted by atomic mass is 35.5. The molecule has 0 fully saturated rings. The molecule has 2 amide bonds. The standard InChI is InChI=1S/C24H22ClN3O2/c1-3-28-21-7-5-4-6-19(21)20-14-18(12-13-22(20)28)27-23(29)15(2)26-24(30)16-8-10-17(25)11-9-16/h4-15H,3H2,1-2H3,(H,26,30)(H,27,29)/t15-/m0/s1. The Bertz CT molecular complexity index is 1240. The van der Waals surface area contributed by atoms with Crippen molar-refractivity contribution in [1.29, 1.82) is 0 Å². The normalized spacial score (nSPS) is 12.1. The van der Waals surface area contributed by atoms with Crippen molar-refractivity contribution in [3.8, 4) is 0 Å². The molecule has 4 rings (SSSR count). The highest BCUT2D eigenvalue weighted by molar-refractivity contribution is 6.30. The van der Waals surface area contributed by atoms with E-state index >= 15 is 0 Å². The number of benzene rings is 3. The highest BCUT2D eigenvalue weighted by Gasteiger charge is 2.17. The van der Waals surface area contributed by atoms with Crippen LogP contribution in [0, 0.1) is 0 Å². The smallest absolute Gasteiger partial charge is 0.251 e.